The molecule has 0 saturated carbocycles. The quantitative estimate of drug-likeness (QED) is 0.425. The lowest BCUT2D eigenvalue weighted by molar-refractivity contribution is -0.118. The summed E-state index contributed by atoms with van der Waals surface area (Å²) in [4.78, 5) is 24.2. The highest BCUT2D eigenvalue weighted by molar-refractivity contribution is 5.93. The summed E-state index contributed by atoms with van der Waals surface area (Å²) < 4.78 is 16.8. The van der Waals surface area contributed by atoms with E-state index < -0.39 is 0 Å². The number of benzene rings is 3. The van der Waals surface area contributed by atoms with Crippen molar-refractivity contribution in [2.45, 2.75) is 18.9 Å². The minimum atomic E-state index is -0.292. The number of carbonyl (C=O) groups excluding carboxylic acids is 2. The predicted octanol–water partition coefficient (Wildman–Crippen LogP) is 4.80. The van der Waals surface area contributed by atoms with Gasteiger partial charge in [0, 0.05) is 24.5 Å². The van der Waals surface area contributed by atoms with Gasteiger partial charge in [0.25, 0.3) is 5.91 Å². The molecule has 0 radical (unpaired) electrons. The minimum Gasteiger partial charge on any atom is -0.484 e. The molecule has 0 aliphatic carbocycles. The maximum absolute atomic E-state index is 12.2. The van der Waals surface area contributed by atoms with Crippen LogP contribution >= 0.6 is 0 Å². The van der Waals surface area contributed by atoms with Gasteiger partial charge in [-0.1, -0.05) is 18.2 Å². The first-order valence-electron chi connectivity index (χ1n) is 11.2. The molecule has 34 heavy (non-hydrogen) atoms. The van der Waals surface area contributed by atoms with Gasteiger partial charge < -0.3 is 30.2 Å². The van der Waals surface area contributed by atoms with Crippen LogP contribution in [0.2, 0.25) is 0 Å². The Morgan fingerprint density at radius 2 is 1.47 bits per heavy atom. The van der Waals surface area contributed by atoms with Crippen LogP contribution in [0.15, 0.2) is 78.9 Å². The maximum atomic E-state index is 12.2. The minimum absolute atomic E-state index is 0.0890. The molecule has 0 bridgehead atoms. The maximum Gasteiger partial charge on any atom is 0.319 e. The summed E-state index contributed by atoms with van der Waals surface area (Å²) in [6.07, 6.45) is 2.08. The van der Waals surface area contributed by atoms with E-state index in [1.165, 1.54) is 0 Å². The van der Waals surface area contributed by atoms with E-state index in [2.05, 4.69) is 16.0 Å². The Hall–Kier alpha value is -4.04. The number of anilines is 2. The average molecular weight is 462 g/mol. The Labute approximate surface area is 198 Å². The molecule has 1 aliphatic rings. The van der Waals surface area contributed by atoms with Crippen molar-refractivity contribution >= 4 is 23.3 Å². The zero-order valence-electron chi connectivity index (χ0n) is 18.7. The van der Waals surface area contributed by atoms with Crippen LogP contribution < -0.4 is 25.4 Å². The van der Waals surface area contributed by atoms with Crippen molar-refractivity contribution in [3.63, 3.8) is 0 Å². The molecule has 1 unspecified atom stereocenters. The molecule has 8 nitrogen and oxygen atoms in total. The molecule has 1 fully saturated rings. The zero-order chi connectivity index (χ0) is 23.6. The molecule has 1 saturated heterocycles. The number of para-hydroxylation sites is 1. The fourth-order valence-electron chi connectivity index (χ4n) is 3.40. The van der Waals surface area contributed by atoms with Crippen molar-refractivity contribution in [1.29, 1.82) is 0 Å². The molecule has 4 rings (SSSR count). The van der Waals surface area contributed by atoms with Crippen LogP contribution in [0.1, 0.15) is 12.8 Å². The predicted molar refractivity (Wildman–Crippen MR) is 130 cm³/mol. The van der Waals surface area contributed by atoms with Gasteiger partial charge in [-0.05, 0) is 73.5 Å². The topological polar surface area (TPSA) is 97.9 Å². The highest BCUT2D eigenvalue weighted by atomic mass is 16.5. The van der Waals surface area contributed by atoms with Gasteiger partial charge in [-0.3, -0.25) is 4.79 Å². The highest BCUT2D eigenvalue weighted by Crippen LogP contribution is 2.23. The molecule has 3 N–H and O–H groups in total. The largest absolute Gasteiger partial charge is 0.484 e. The average Bonchev–Trinajstić information content (AvgIpc) is 3.38. The lowest BCUT2D eigenvalue weighted by Crippen LogP contribution is -2.35. The zero-order valence-corrected chi connectivity index (χ0v) is 18.7. The van der Waals surface area contributed by atoms with Crippen LogP contribution in [-0.2, 0) is 9.53 Å². The van der Waals surface area contributed by atoms with Crippen molar-refractivity contribution in [1.82, 2.24) is 5.32 Å². The summed E-state index contributed by atoms with van der Waals surface area (Å²) in [5, 5.41) is 8.32. The number of hydrogen-bond acceptors (Lipinski definition) is 5. The molecule has 3 aromatic carbocycles. The first kappa shape index (κ1) is 23.1. The van der Waals surface area contributed by atoms with Crippen LogP contribution in [0.3, 0.4) is 0 Å². The van der Waals surface area contributed by atoms with E-state index in [4.69, 9.17) is 14.2 Å². The molecule has 176 valence electrons. The fraction of sp³-hybridized carbons (Fsp3) is 0.231. The molecule has 1 aliphatic heterocycles. The van der Waals surface area contributed by atoms with Crippen molar-refractivity contribution < 1.29 is 23.8 Å². The molecule has 3 amide bonds. The molecule has 1 heterocycles. The lowest BCUT2D eigenvalue weighted by Gasteiger charge is -2.12. The summed E-state index contributed by atoms with van der Waals surface area (Å²) in [6, 6.07) is 23.1. The number of rotatable bonds is 9. The van der Waals surface area contributed by atoms with E-state index >= 15 is 0 Å². The Morgan fingerprint density at radius 3 is 2.15 bits per heavy atom. The summed E-state index contributed by atoms with van der Waals surface area (Å²) in [6.45, 7) is 1.11. The Kier molecular flexibility index (Phi) is 7.97. The van der Waals surface area contributed by atoms with E-state index in [9.17, 15) is 9.59 Å². The third-order valence-corrected chi connectivity index (χ3v) is 5.11. The van der Waals surface area contributed by atoms with Gasteiger partial charge in [-0.15, -0.1) is 0 Å². The van der Waals surface area contributed by atoms with E-state index in [1.54, 1.807) is 48.5 Å². The van der Waals surface area contributed by atoms with Gasteiger partial charge in [0.05, 0.1) is 6.10 Å². The number of carbonyl (C=O) groups is 2. The molecule has 8 heteroatoms. The van der Waals surface area contributed by atoms with Crippen molar-refractivity contribution in [3.05, 3.63) is 78.9 Å². The van der Waals surface area contributed by atoms with Crippen LogP contribution in [0.4, 0.5) is 16.2 Å². The summed E-state index contributed by atoms with van der Waals surface area (Å²) >= 11 is 0. The van der Waals surface area contributed by atoms with Gasteiger partial charge in [0.1, 0.15) is 17.2 Å². The first-order valence-corrected chi connectivity index (χ1v) is 11.2. The van der Waals surface area contributed by atoms with Crippen LogP contribution in [-0.4, -0.2) is 37.8 Å². The van der Waals surface area contributed by atoms with Gasteiger partial charge in [0.15, 0.2) is 6.61 Å². The van der Waals surface area contributed by atoms with Crippen molar-refractivity contribution in [2.75, 3.05) is 30.4 Å². The summed E-state index contributed by atoms with van der Waals surface area (Å²) in [5.74, 6) is 1.69. The lowest BCUT2D eigenvalue weighted by atomic mass is 10.2. The van der Waals surface area contributed by atoms with Gasteiger partial charge in [0.2, 0.25) is 0 Å². The molecule has 0 spiro atoms. The second kappa shape index (κ2) is 11.7. The number of nitrogens with one attached hydrogen (secondary N) is 3. The Balaban J connectivity index is 1.17. The van der Waals surface area contributed by atoms with E-state index in [-0.39, 0.29) is 24.6 Å². The molecule has 3 aromatic rings. The standard InChI is InChI=1S/C26H27N3O5/c30-25(18-33-21-12-14-23(15-13-21)34-22-5-2-1-3-6-22)28-19-8-10-20(11-9-19)29-26(31)27-17-24-7-4-16-32-24/h1-3,5-6,8-15,24H,4,7,16-18H2,(H,28,30)(H2,27,29,31). The van der Waals surface area contributed by atoms with Gasteiger partial charge >= 0.3 is 6.03 Å². The Morgan fingerprint density at radius 1 is 0.824 bits per heavy atom. The normalized spacial score (nSPS) is 14.8. The van der Waals surface area contributed by atoms with E-state index in [0.717, 1.165) is 25.2 Å². The Bertz CT molecular complexity index is 1070. The van der Waals surface area contributed by atoms with Gasteiger partial charge in [-0.2, -0.15) is 0 Å². The molecular weight excluding hydrogens is 434 g/mol. The van der Waals surface area contributed by atoms with Crippen LogP contribution in [0, 0.1) is 0 Å². The third kappa shape index (κ3) is 7.25. The molecule has 0 aromatic heterocycles. The fourth-order valence-corrected chi connectivity index (χ4v) is 3.40. The number of amides is 3. The monoisotopic (exact) mass is 461 g/mol. The van der Waals surface area contributed by atoms with E-state index in [0.29, 0.717) is 29.4 Å². The van der Waals surface area contributed by atoms with Crippen molar-refractivity contribution in [3.8, 4) is 17.2 Å². The smallest absolute Gasteiger partial charge is 0.319 e. The van der Waals surface area contributed by atoms with Gasteiger partial charge in [-0.25, -0.2) is 4.79 Å². The molecular formula is C26H27N3O5. The van der Waals surface area contributed by atoms with Crippen molar-refractivity contribution in [2.24, 2.45) is 0 Å². The molecule has 1 atom stereocenters. The number of hydrogen-bond donors (Lipinski definition) is 3. The van der Waals surface area contributed by atoms with E-state index in [1.807, 2.05) is 30.3 Å². The van der Waals surface area contributed by atoms with Crippen LogP contribution in [0.25, 0.3) is 0 Å². The summed E-state index contributed by atoms with van der Waals surface area (Å²) in [7, 11) is 0. The number of urea groups is 1. The SMILES string of the molecule is O=C(COc1ccc(Oc2ccccc2)cc1)Nc1ccc(NC(=O)NCC2CCCO2)cc1. The van der Waals surface area contributed by atoms with Crippen LogP contribution in [0.5, 0.6) is 17.2 Å². The number of ether oxygens (including phenoxy) is 3. The third-order valence-electron chi connectivity index (χ3n) is 5.11. The highest BCUT2D eigenvalue weighted by Gasteiger charge is 2.16. The second-order valence-corrected chi connectivity index (χ2v) is 7.77. The second-order valence-electron chi connectivity index (χ2n) is 7.77. The summed E-state index contributed by atoms with van der Waals surface area (Å²) in [5.41, 5.74) is 1.22. The first-order chi connectivity index (χ1) is 16.6.